The molecule has 0 atom stereocenters. The Kier molecular flexibility index (Phi) is 2.32. The molecule has 0 bridgehead atoms. The zero-order valence-electron chi connectivity index (χ0n) is 8.48. The van der Waals surface area contributed by atoms with E-state index in [2.05, 4.69) is 10.3 Å². The number of hydrogen-bond acceptors (Lipinski definition) is 4. The van der Waals surface area contributed by atoms with Gasteiger partial charge in [0.05, 0.1) is 5.39 Å². The molecule has 2 amide bonds. The van der Waals surface area contributed by atoms with Crippen molar-refractivity contribution in [1.82, 2.24) is 4.98 Å². The normalized spacial score (nSPS) is 10.3. The van der Waals surface area contributed by atoms with Crippen LogP contribution in [-0.2, 0) is 4.79 Å². The molecule has 0 fully saturated rings. The summed E-state index contributed by atoms with van der Waals surface area (Å²) in [7, 11) is 0. The number of fused-ring (bicyclic) bond motifs is 1. The van der Waals surface area contributed by atoms with Gasteiger partial charge in [-0.2, -0.15) is 0 Å². The van der Waals surface area contributed by atoms with Crippen molar-refractivity contribution in [2.75, 3.05) is 5.32 Å². The van der Waals surface area contributed by atoms with E-state index in [4.69, 9.17) is 10.2 Å². The van der Waals surface area contributed by atoms with Crippen molar-refractivity contribution >= 4 is 28.6 Å². The Balaban J connectivity index is 2.69. The number of primary amides is 1. The summed E-state index contributed by atoms with van der Waals surface area (Å²) in [5.74, 6) is -1.15. The van der Waals surface area contributed by atoms with E-state index in [1.54, 1.807) is 12.1 Å². The van der Waals surface area contributed by atoms with E-state index < -0.39 is 5.91 Å². The fraction of sp³-hybridized carbons (Fsp3) is 0.100. The van der Waals surface area contributed by atoms with Gasteiger partial charge < -0.3 is 15.5 Å². The molecule has 6 heteroatoms. The van der Waals surface area contributed by atoms with Crippen molar-refractivity contribution in [2.24, 2.45) is 5.73 Å². The zero-order chi connectivity index (χ0) is 11.7. The molecule has 6 nitrogen and oxygen atoms in total. The summed E-state index contributed by atoms with van der Waals surface area (Å²) in [5, 5.41) is 3.05. The predicted molar refractivity (Wildman–Crippen MR) is 56.8 cm³/mol. The highest BCUT2D eigenvalue weighted by atomic mass is 16.4. The van der Waals surface area contributed by atoms with Crippen LogP contribution in [0.1, 0.15) is 17.5 Å². The summed E-state index contributed by atoms with van der Waals surface area (Å²) in [4.78, 5) is 26.1. The number of anilines is 1. The van der Waals surface area contributed by atoms with Gasteiger partial charge in [-0.3, -0.25) is 9.59 Å². The van der Waals surface area contributed by atoms with Gasteiger partial charge in [-0.05, 0) is 12.1 Å². The van der Waals surface area contributed by atoms with Gasteiger partial charge in [0.15, 0.2) is 0 Å². The SMILES string of the molecule is CC(=O)Nc1c(C(N)=O)oc2ncccc12. The molecule has 16 heavy (non-hydrogen) atoms. The molecule has 0 unspecified atom stereocenters. The lowest BCUT2D eigenvalue weighted by Crippen LogP contribution is -2.14. The van der Waals surface area contributed by atoms with E-state index >= 15 is 0 Å². The van der Waals surface area contributed by atoms with Crippen LogP contribution >= 0.6 is 0 Å². The first-order chi connectivity index (χ1) is 7.59. The molecule has 82 valence electrons. The van der Waals surface area contributed by atoms with Gasteiger partial charge >= 0.3 is 0 Å². The molecule has 2 aromatic heterocycles. The van der Waals surface area contributed by atoms with Crippen LogP contribution in [0.3, 0.4) is 0 Å². The van der Waals surface area contributed by atoms with Gasteiger partial charge in [0, 0.05) is 13.1 Å². The van der Waals surface area contributed by atoms with E-state index in [0.717, 1.165) is 0 Å². The highest BCUT2D eigenvalue weighted by molar-refractivity contribution is 6.09. The van der Waals surface area contributed by atoms with Crippen molar-refractivity contribution in [2.45, 2.75) is 6.92 Å². The van der Waals surface area contributed by atoms with E-state index in [1.807, 2.05) is 0 Å². The standard InChI is InChI=1S/C10H9N3O3/c1-5(14)13-7-6-3-2-4-12-10(6)16-8(7)9(11)15/h2-4H,1H3,(H2,11,15)(H,13,14). The third-order valence-electron chi connectivity index (χ3n) is 1.99. The van der Waals surface area contributed by atoms with Crippen molar-refractivity contribution in [1.29, 1.82) is 0 Å². The number of amides is 2. The first kappa shape index (κ1) is 10.2. The highest BCUT2D eigenvalue weighted by Crippen LogP contribution is 2.28. The Morgan fingerprint density at radius 3 is 2.88 bits per heavy atom. The Morgan fingerprint density at radius 1 is 1.50 bits per heavy atom. The smallest absolute Gasteiger partial charge is 0.286 e. The van der Waals surface area contributed by atoms with Crippen molar-refractivity contribution < 1.29 is 14.0 Å². The minimum atomic E-state index is -0.748. The van der Waals surface area contributed by atoms with Gasteiger partial charge in [0.2, 0.25) is 17.4 Å². The second-order valence-corrected chi connectivity index (χ2v) is 3.21. The number of pyridine rings is 1. The molecule has 0 aromatic carbocycles. The Morgan fingerprint density at radius 2 is 2.25 bits per heavy atom. The van der Waals surface area contributed by atoms with Gasteiger partial charge in [-0.1, -0.05) is 0 Å². The third-order valence-corrected chi connectivity index (χ3v) is 1.99. The average molecular weight is 219 g/mol. The lowest BCUT2D eigenvalue weighted by atomic mass is 10.2. The summed E-state index contributed by atoms with van der Waals surface area (Å²) >= 11 is 0. The maximum atomic E-state index is 11.1. The molecular weight excluding hydrogens is 210 g/mol. The number of furan rings is 1. The monoisotopic (exact) mass is 219 g/mol. The number of nitrogens with one attached hydrogen (secondary N) is 1. The van der Waals surface area contributed by atoms with Crippen LogP contribution in [0, 0.1) is 0 Å². The van der Waals surface area contributed by atoms with Crippen LogP contribution in [0.2, 0.25) is 0 Å². The molecule has 0 aliphatic rings. The maximum absolute atomic E-state index is 11.1. The van der Waals surface area contributed by atoms with Crippen molar-refractivity contribution in [3.8, 4) is 0 Å². The molecule has 0 radical (unpaired) electrons. The number of hydrogen-bond donors (Lipinski definition) is 2. The molecular formula is C10H9N3O3. The molecule has 0 saturated heterocycles. The number of carbonyl (C=O) groups is 2. The minimum Gasteiger partial charge on any atom is -0.430 e. The predicted octanol–water partition coefficient (Wildman–Crippen LogP) is 0.885. The lowest BCUT2D eigenvalue weighted by Gasteiger charge is -1.99. The quantitative estimate of drug-likeness (QED) is 0.783. The van der Waals surface area contributed by atoms with Crippen LogP contribution < -0.4 is 11.1 Å². The van der Waals surface area contributed by atoms with Gasteiger partial charge in [0.1, 0.15) is 5.69 Å². The lowest BCUT2D eigenvalue weighted by molar-refractivity contribution is -0.114. The van der Waals surface area contributed by atoms with Crippen LogP contribution in [-0.4, -0.2) is 16.8 Å². The fourth-order valence-corrected chi connectivity index (χ4v) is 1.41. The van der Waals surface area contributed by atoms with Gasteiger partial charge in [-0.15, -0.1) is 0 Å². The number of nitrogens with two attached hydrogens (primary N) is 1. The molecule has 2 rings (SSSR count). The largest absolute Gasteiger partial charge is 0.430 e. The number of nitrogens with zero attached hydrogens (tertiary/aromatic N) is 1. The highest BCUT2D eigenvalue weighted by Gasteiger charge is 2.19. The Labute approximate surface area is 90.4 Å². The number of aromatic nitrogens is 1. The summed E-state index contributed by atoms with van der Waals surface area (Å²) in [6.07, 6.45) is 1.52. The Hall–Kier alpha value is -2.37. The average Bonchev–Trinajstić information content (AvgIpc) is 2.57. The molecule has 0 aliphatic carbocycles. The van der Waals surface area contributed by atoms with E-state index in [-0.39, 0.29) is 23.1 Å². The first-order valence-electron chi connectivity index (χ1n) is 4.54. The molecule has 3 N–H and O–H groups in total. The minimum absolute atomic E-state index is 0.0936. The van der Waals surface area contributed by atoms with E-state index in [0.29, 0.717) is 5.39 Å². The summed E-state index contributed by atoms with van der Waals surface area (Å²) in [6, 6.07) is 3.36. The molecule has 0 saturated carbocycles. The molecule has 2 aromatic rings. The van der Waals surface area contributed by atoms with Crippen molar-refractivity contribution in [3.63, 3.8) is 0 Å². The topological polar surface area (TPSA) is 98.2 Å². The second kappa shape index (κ2) is 3.65. The second-order valence-electron chi connectivity index (χ2n) is 3.21. The number of rotatable bonds is 2. The van der Waals surface area contributed by atoms with Crippen LogP contribution in [0.15, 0.2) is 22.7 Å². The van der Waals surface area contributed by atoms with Crippen molar-refractivity contribution in [3.05, 3.63) is 24.1 Å². The maximum Gasteiger partial charge on any atom is 0.286 e. The van der Waals surface area contributed by atoms with E-state index in [1.165, 1.54) is 13.1 Å². The zero-order valence-corrected chi connectivity index (χ0v) is 8.48. The Bertz CT molecular complexity index is 574. The summed E-state index contributed by atoms with van der Waals surface area (Å²) in [5.41, 5.74) is 5.67. The summed E-state index contributed by atoms with van der Waals surface area (Å²) < 4.78 is 5.16. The van der Waals surface area contributed by atoms with Crippen LogP contribution in [0.5, 0.6) is 0 Å². The molecule has 0 spiro atoms. The molecule has 2 heterocycles. The van der Waals surface area contributed by atoms with Crippen LogP contribution in [0.25, 0.3) is 11.1 Å². The third kappa shape index (κ3) is 1.60. The van der Waals surface area contributed by atoms with Gasteiger partial charge in [-0.25, -0.2) is 4.98 Å². The first-order valence-corrected chi connectivity index (χ1v) is 4.54. The fourth-order valence-electron chi connectivity index (χ4n) is 1.41. The van der Waals surface area contributed by atoms with E-state index in [9.17, 15) is 9.59 Å². The molecule has 0 aliphatic heterocycles. The van der Waals surface area contributed by atoms with Gasteiger partial charge in [0.25, 0.3) is 5.91 Å². The number of carbonyl (C=O) groups excluding carboxylic acids is 2. The summed E-state index contributed by atoms with van der Waals surface area (Å²) in [6.45, 7) is 1.33. The van der Waals surface area contributed by atoms with Crippen LogP contribution in [0.4, 0.5) is 5.69 Å².